The van der Waals surface area contributed by atoms with E-state index in [1.54, 1.807) is 18.6 Å². The Morgan fingerprint density at radius 2 is 2.11 bits per heavy atom. The predicted molar refractivity (Wildman–Crippen MR) is 128 cm³/mol. The maximum Gasteiger partial charge on any atom is 0.410 e. The van der Waals surface area contributed by atoms with Gasteiger partial charge in [-0.1, -0.05) is 0 Å². The number of aromatic nitrogens is 5. The van der Waals surface area contributed by atoms with Gasteiger partial charge in [-0.3, -0.25) is 10.00 Å². The summed E-state index contributed by atoms with van der Waals surface area (Å²) in [5.74, 6) is 1.17. The largest absolute Gasteiger partial charge is 0.474 e. The zero-order chi connectivity index (χ0) is 24.5. The number of benzene rings is 1. The quantitative estimate of drug-likeness (QED) is 0.317. The molecule has 11 nitrogen and oxygen atoms in total. The molecule has 5 N–H and O–H groups in total. The first-order valence-corrected chi connectivity index (χ1v) is 11.0. The molecule has 35 heavy (non-hydrogen) atoms. The van der Waals surface area contributed by atoms with E-state index >= 15 is 0 Å². The summed E-state index contributed by atoms with van der Waals surface area (Å²) in [6.07, 6.45) is 5.60. The van der Waals surface area contributed by atoms with Crippen molar-refractivity contribution in [2.24, 2.45) is 0 Å². The highest BCUT2D eigenvalue weighted by molar-refractivity contribution is 5.99. The van der Waals surface area contributed by atoms with Gasteiger partial charge in [0.05, 0.1) is 5.69 Å². The highest BCUT2D eigenvalue weighted by Gasteiger charge is 2.21. The molecule has 2 aliphatic rings. The van der Waals surface area contributed by atoms with Crippen LogP contribution < -0.4 is 21.1 Å². The van der Waals surface area contributed by atoms with Crippen LogP contribution in [0.3, 0.4) is 0 Å². The number of carbonyl (C=O) groups is 1. The van der Waals surface area contributed by atoms with Gasteiger partial charge in [-0.25, -0.2) is 24.1 Å². The molecule has 12 heteroatoms. The third-order valence-corrected chi connectivity index (χ3v) is 5.94. The number of rotatable bonds is 2. The van der Waals surface area contributed by atoms with Gasteiger partial charge < -0.3 is 20.9 Å². The van der Waals surface area contributed by atoms with Gasteiger partial charge in [0.2, 0.25) is 5.88 Å². The first kappa shape index (κ1) is 22.3. The third kappa shape index (κ3) is 4.25. The first-order valence-electron chi connectivity index (χ1n) is 11.0. The monoisotopic (exact) mass is 478 g/mol. The van der Waals surface area contributed by atoms with E-state index in [1.807, 2.05) is 11.6 Å². The molecule has 180 valence electrons. The maximum absolute atomic E-state index is 15.0. The normalized spacial score (nSPS) is 13.7. The van der Waals surface area contributed by atoms with E-state index < -0.39 is 11.9 Å². The number of nitrogens with one attached hydrogen (secondary N) is 2. The molecule has 5 heterocycles. The van der Waals surface area contributed by atoms with Crippen LogP contribution in [0, 0.1) is 12.7 Å². The predicted octanol–water partition coefficient (Wildman–Crippen LogP) is 3.45. The molecule has 0 aliphatic carbocycles. The SMILES string of the molecule is Cc1c(-c2cc3cc(NC(=O)O)ncc3c(N)c2F)cnc2c1NCCO2.c1nc2n(n1)CCC2. The molecule has 2 aliphatic heterocycles. The average molecular weight is 478 g/mol. The number of hydrogen-bond acceptors (Lipinski definition) is 8. The van der Waals surface area contributed by atoms with Gasteiger partial charge >= 0.3 is 6.09 Å². The summed E-state index contributed by atoms with van der Waals surface area (Å²) < 4.78 is 22.5. The summed E-state index contributed by atoms with van der Waals surface area (Å²) in [5.41, 5.74) is 8.28. The Morgan fingerprint density at radius 1 is 1.26 bits per heavy atom. The van der Waals surface area contributed by atoms with Crippen molar-refractivity contribution in [3.05, 3.63) is 48.1 Å². The van der Waals surface area contributed by atoms with Crippen molar-refractivity contribution >= 4 is 34.1 Å². The summed E-state index contributed by atoms with van der Waals surface area (Å²) >= 11 is 0. The highest BCUT2D eigenvalue weighted by Crippen LogP contribution is 2.39. The summed E-state index contributed by atoms with van der Waals surface area (Å²) in [5, 5.41) is 19.2. The Bertz CT molecular complexity index is 1420. The van der Waals surface area contributed by atoms with Crippen molar-refractivity contribution in [1.29, 1.82) is 0 Å². The second-order valence-electron chi connectivity index (χ2n) is 8.13. The van der Waals surface area contributed by atoms with E-state index in [0.717, 1.165) is 30.0 Å². The molecule has 6 rings (SSSR count). The summed E-state index contributed by atoms with van der Waals surface area (Å²) in [6, 6.07) is 3.11. The zero-order valence-electron chi connectivity index (χ0n) is 18.9. The van der Waals surface area contributed by atoms with Gasteiger partial charge in [0.15, 0.2) is 5.82 Å². The number of pyridine rings is 2. The standard InChI is InChI=1S/C18H16FN5O3.C5H7N3/c1-8-11(6-23-17-16(8)21-2-3-27-17)10-4-9-5-13(24-18(25)26)22-7-12(9)15(20)14(10)19;1-2-5-6-4-7-8(5)3-1/h4-7,21H,2-3,20H2,1H3,(H,22,24)(H,25,26);4H,1-3H2. The first-order chi connectivity index (χ1) is 16.9. The number of ether oxygens (including phenoxy) is 1. The number of amides is 1. The Hall–Kier alpha value is -4.48. The van der Waals surface area contributed by atoms with Crippen molar-refractivity contribution in [3.63, 3.8) is 0 Å². The van der Waals surface area contributed by atoms with Crippen LogP contribution in [0.2, 0.25) is 0 Å². The number of nitrogens with zero attached hydrogens (tertiary/aromatic N) is 5. The van der Waals surface area contributed by atoms with Gasteiger partial charge in [-0.2, -0.15) is 5.10 Å². The van der Waals surface area contributed by atoms with Crippen LogP contribution in [0.15, 0.2) is 30.9 Å². The summed E-state index contributed by atoms with van der Waals surface area (Å²) in [6.45, 7) is 4.07. The molecule has 0 saturated heterocycles. The Balaban J connectivity index is 0.000000265. The topological polar surface area (TPSA) is 153 Å². The van der Waals surface area contributed by atoms with E-state index in [1.165, 1.54) is 18.7 Å². The number of nitrogen functional groups attached to an aromatic ring is 1. The van der Waals surface area contributed by atoms with Crippen molar-refractivity contribution in [2.75, 3.05) is 29.5 Å². The average Bonchev–Trinajstić information content (AvgIpc) is 3.48. The molecule has 1 aromatic carbocycles. The number of nitrogens with two attached hydrogens (primary N) is 1. The lowest BCUT2D eigenvalue weighted by molar-refractivity contribution is 0.209. The van der Waals surface area contributed by atoms with Gasteiger partial charge in [-0.05, 0) is 36.4 Å². The molecular weight excluding hydrogens is 455 g/mol. The molecule has 0 bridgehead atoms. The molecule has 4 aromatic rings. The van der Waals surface area contributed by atoms with Crippen LogP contribution in [0.25, 0.3) is 21.9 Å². The van der Waals surface area contributed by atoms with Crippen LogP contribution in [-0.2, 0) is 13.0 Å². The minimum atomic E-state index is -1.24. The molecule has 1 amide bonds. The summed E-state index contributed by atoms with van der Waals surface area (Å²) in [4.78, 5) is 23.1. The number of carboxylic acid groups (broad SMARTS) is 1. The number of anilines is 3. The van der Waals surface area contributed by atoms with Crippen LogP contribution in [0.5, 0.6) is 5.88 Å². The molecule has 3 aromatic heterocycles. The van der Waals surface area contributed by atoms with E-state index in [9.17, 15) is 9.18 Å². The van der Waals surface area contributed by atoms with Gasteiger partial charge in [0.25, 0.3) is 0 Å². The lowest BCUT2D eigenvalue weighted by atomic mass is 9.97. The molecule has 0 atom stereocenters. The molecule has 0 saturated carbocycles. The Morgan fingerprint density at radius 3 is 2.91 bits per heavy atom. The number of halogens is 1. The van der Waals surface area contributed by atoms with Crippen LogP contribution >= 0.6 is 0 Å². The van der Waals surface area contributed by atoms with E-state index in [2.05, 4.69) is 30.7 Å². The van der Waals surface area contributed by atoms with Crippen molar-refractivity contribution in [2.45, 2.75) is 26.3 Å². The molecule has 0 unspecified atom stereocenters. The number of fused-ring (bicyclic) bond motifs is 3. The third-order valence-electron chi connectivity index (χ3n) is 5.94. The van der Waals surface area contributed by atoms with Gasteiger partial charge in [0, 0.05) is 48.4 Å². The zero-order valence-corrected chi connectivity index (χ0v) is 18.9. The van der Waals surface area contributed by atoms with Crippen LogP contribution in [0.1, 0.15) is 17.8 Å². The fourth-order valence-corrected chi connectivity index (χ4v) is 4.22. The van der Waals surface area contributed by atoms with Crippen LogP contribution in [-0.4, -0.2) is 49.1 Å². The number of aryl methyl sites for hydroxylation is 2. The minimum absolute atomic E-state index is 0.0572. The van der Waals surface area contributed by atoms with E-state index in [0.29, 0.717) is 35.4 Å². The second kappa shape index (κ2) is 9.05. The lowest BCUT2D eigenvalue weighted by Crippen LogP contribution is -2.20. The molecular formula is C23H23FN8O3. The van der Waals surface area contributed by atoms with Crippen molar-refractivity contribution in [3.8, 4) is 17.0 Å². The Kier molecular flexibility index (Phi) is 5.77. The molecule has 0 fully saturated rings. The van der Waals surface area contributed by atoms with Gasteiger partial charge in [0.1, 0.15) is 30.3 Å². The fourth-order valence-electron chi connectivity index (χ4n) is 4.22. The minimum Gasteiger partial charge on any atom is -0.474 e. The highest BCUT2D eigenvalue weighted by atomic mass is 19.1. The van der Waals surface area contributed by atoms with Crippen molar-refractivity contribution in [1.82, 2.24) is 24.7 Å². The lowest BCUT2D eigenvalue weighted by Gasteiger charge is -2.22. The fraction of sp³-hybridized carbons (Fsp3) is 0.261. The van der Waals surface area contributed by atoms with Crippen LogP contribution in [0.4, 0.5) is 26.4 Å². The molecule has 0 radical (unpaired) electrons. The second-order valence-corrected chi connectivity index (χ2v) is 8.13. The maximum atomic E-state index is 15.0. The molecule has 0 spiro atoms. The van der Waals surface area contributed by atoms with E-state index in [-0.39, 0.29) is 17.1 Å². The van der Waals surface area contributed by atoms with Crippen molar-refractivity contribution < 1.29 is 19.0 Å². The summed E-state index contributed by atoms with van der Waals surface area (Å²) in [7, 11) is 0. The number of hydrogen-bond donors (Lipinski definition) is 4. The van der Waals surface area contributed by atoms with E-state index in [4.69, 9.17) is 15.6 Å². The van der Waals surface area contributed by atoms with Gasteiger partial charge in [-0.15, -0.1) is 0 Å². The Labute approximate surface area is 199 Å². The smallest absolute Gasteiger partial charge is 0.410 e.